The molecule has 1 heterocycles. The number of benzene rings is 2. The van der Waals surface area contributed by atoms with Crippen LogP contribution in [0.2, 0.25) is 0 Å². The van der Waals surface area contributed by atoms with Crippen molar-refractivity contribution in [1.29, 1.82) is 0 Å². The number of hydrogen-bond acceptors (Lipinski definition) is 2. The minimum absolute atomic E-state index is 0.0229. The molecule has 1 saturated heterocycles. The molecule has 2 aliphatic rings. The molecule has 1 aliphatic carbocycles. The van der Waals surface area contributed by atoms with E-state index in [2.05, 4.69) is 47.5 Å². The van der Waals surface area contributed by atoms with Crippen molar-refractivity contribution in [2.24, 2.45) is 0 Å². The molecule has 1 amide bonds. The number of aryl methyl sites for hydroxylation is 2. The number of fused-ring (bicyclic) bond motifs is 1. The van der Waals surface area contributed by atoms with Crippen molar-refractivity contribution in [3.8, 4) is 0 Å². The SMILES string of the molecule is CC[C@H](NC(=O)c1ccc(N2CCCCC2)cc1)c1ccc2c(c1)CCCC2. The number of amides is 1. The molecule has 2 aromatic carbocycles. The second-order valence-electron chi connectivity index (χ2n) is 8.26. The van der Waals surface area contributed by atoms with Crippen molar-refractivity contribution in [3.63, 3.8) is 0 Å². The van der Waals surface area contributed by atoms with Gasteiger partial charge >= 0.3 is 0 Å². The van der Waals surface area contributed by atoms with E-state index >= 15 is 0 Å². The van der Waals surface area contributed by atoms with Crippen LogP contribution in [-0.2, 0) is 12.8 Å². The van der Waals surface area contributed by atoms with Crippen LogP contribution in [0.25, 0.3) is 0 Å². The van der Waals surface area contributed by atoms with Crippen LogP contribution < -0.4 is 10.2 Å². The summed E-state index contributed by atoms with van der Waals surface area (Å²) in [6.45, 7) is 4.40. The molecule has 0 spiro atoms. The Labute approximate surface area is 169 Å². The zero-order chi connectivity index (χ0) is 19.3. The number of anilines is 1. The number of carbonyl (C=O) groups excluding carboxylic acids is 1. The summed E-state index contributed by atoms with van der Waals surface area (Å²) in [5, 5.41) is 3.25. The lowest BCUT2D eigenvalue weighted by molar-refractivity contribution is 0.0935. The Morgan fingerprint density at radius 1 is 0.929 bits per heavy atom. The van der Waals surface area contributed by atoms with E-state index < -0.39 is 0 Å². The van der Waals surface area contributed by atoms with Crippen LogP contribution in [0.4, 0.5) is 5.69 Å². The standard InChI is InChI=1S/C25H32N2O/c1-2-24(22-11-10-19-8-4-5-9-21(19)18-22)26-25(28)20-12-14-23(15-13-20)27-16-6-3-7-17-27/h10-15,18,24H,2-9,16-17H2,1H3,(H,26,28)/t24-/m0/s1. The first-order valence-corrected chi connectivity index (χ1v) is 11.0. The van der Waals surface area contributed by atoms with Crippen molar-refractivity contribution in [3.05, 3.63) is 64.7 Å². The van der Waals surface area contributed by atoms with Gasteiger partial charge in [-0.2, -0.15) is 0 Å². The maximum atomic E-state index is 12.8. The number of nitrogens with one attached hydrogen (secondary N) is 1. The zero-order valence-electron chi connectivity index (χ0n) is 17.0. The van der Waals surface area contributed by atoms with Gasteiger partial charge in [-0.05, 0) is 92.3 Å². The van der Waals surface area contributed by atoms with Crippen molar-refractivity contribution in [2.75, 3.05) is 18.0 Å². The molecule has 3 nitrogen and oxygen atoms in total. The molecule has 1 fully saturated rings. The normalized spacial score (nSPS) is 17.7. The van der Waals surface area contributed by atoms with E-state index in [0.29, 0.717) is 0 Å². The minimum atomic E-state index is 0.0229. The molecule has 0 aromatic heterocycles. The van der Waals surface area contributed by atoms with Gasteiger partial charge in [-0.3, -0.25) is 4.79 Å². The highest BCUT2D eigenvalue weighted by Gasteiger charge is 2.17. The molecule has 1 N–H and O–H groups in total. The van der Waals surface area contributed by atoms with Gasteiger partial charge in [0.05, 0.1) is 6.04 Å². The van der Waals surface area contributed by atoms with E-state index in [1.165, 1.54) is 67.3 Å². The number of piperidine rings is 1. The highest BCUT2D eigenvalue weighted by Crippen LogP contribution is 2.26. The lowest BCUT2D eigenvalue weighted by Gasteiger charge is -2.28. The van der Waals surface area contributed by atoms with E-state index in [-0.39, 0.29) is 11.9 Å². The third-order valence-corrected chi connectivity index (χ3v) is 6.34. The molecule has 0 saturated carbocycles. The van der Waals surface area contributed by atoms with Gasteiger partial charge < -0.3 is 10.2 Å². The Bertz CT molecular complexity index is 806. The molecule has 0 radical (unpaired) electrons. The van der Waals surface area contributed by atoms with Gasteiger partial charge in [0.1, 0.15) is 0 Å². The van der Waals surface area contributed by atoms with Gasteiger partial charge in [-0.25, -0.2) is 0 Å². The second kappa shape index (κ2) is 8.81. The van der Waals surface area contributed by atoms with Gasteiger partial charge in [-0.1, -0.05) is 25.1 Å². The van der Waals surface area contributed by atoms with Crippen LogP contribution >= 0.6 is 0 Å². The predicted octanol–water partition coefficient (Wildman–Crippen LogP) is 5.44. The van der Waals surface area contributed by atoms with Gasteiger partial charge in [0.15, 0.2) is 0 Å². The number of hydrogen-bond donors (Lipinski definition) is 1. The molecular formula is C25H32N2O. The Balaban J connectivity index is 1.44. The van der Waals surface area contributed by atoms with E-state index in [4.69, 9.17) is 0 Å². The first-order valence-electron chi connectivity index (χ1n) is 11.0. The Hall–Kier alpha value is -2.29. The predicted molar refractivity (Wildman–Crippen MR) is 116 cm³/mol. The third-order valence-electron chi connectivity index (χ3n) is 6.34. The zero-order valence-corrected chi connectivity index (χ0v) is 17.0. The largest absolute Gasteiger partial charge is 0.372 e. The maximum absolute atomic E-state index is 12.8. The average molecular weight is 377 g/mol. The molecule has 0 bridgehead atoms. The number of carbonyl (C=O) groups is 1. The van der Waals surface area contributed by atoms with Crippen LogP contribution in [0.1, 0.15) is 78.5 Å². The Morgan fingerprint density at radius 2 is 1.64 bits per heavy atom. The van der Waals surface area contributed by atoms with Gasteiger partial charge in [0, 0.05) is 24.3 Å². The Morgan fingerprint density at radius 3 is 2.36 bits per heavy atom. The van der Waals surface area contributed by atoms with Crippen LogP contribution in [-0.4, -0.2) is 19.0 Å². The summed E-state index contributed by atoms with van der Waals surface area (Å²) in [5.41, 5.74) is 6.18. The molecule has 148 valence electrons. The fourth-order valence-corrected chi connectivity index (χ4v) is 4.61. The molecule has 28 heavy (non-hydrogen) atoms. The summed E-state index contributed by atoms with van der Waals surface area (Å²) in [6, 6.07) is 15.0. The molecular weight excluding hydrogens is 344 g/mol. The summed E-state index contributed by atoms with van der Waals surface area (Å²) in [7, 11) is 0. The monoisotopic (exact) mass is 376 g/mol. The minimum Gasteiger partial charge on any atom is -0.372 e. The van der Waals surface area contributed by atoms with Crippen LogP contribution in [0, 0.1) is 0 Å². The summed E-state index contributed by atoms with van der Waals surface area (Å²) >= 11 is 0. The first-order chi connectivity index (χ1) is 13.7. The number of rotatable bonds is 5. The van der Waals surface area contributed by atoms with E-state index in [9.17, 15) is 4.79 Å². The smallest absolute Gasteiger partial charge is 0.251 e. The van der Waals surface area contributed by atoms with Crippen LogP contribution in [0.15, 0.2) is 42.5 Å². The third kappa shape index (κ3) is 4.24. The van der Waals surface area contributed by atoms with E-state index in [1.54, 1.807) is 0 Å². The summed E-state index contributed by atoms with van der Waals surface area (Å²) in [4.78, 5) is 15.3. The van der Waals surface area contributed by atoms with Crippen molar-refractivity contribution < 1.29 is 4.79 Å². The lowest BCUT2D eigenvalue weighted by atomic mass is 9.88. The van der Waals surface area contributed by atoms with Gasteiger partial charge in [0.25, 0.3) is 5.91 Å². The van der Waals surface area contributed by atoms with E-state index in [0.717, 1.165) is 25.1 Å². The molecule has 1 aliphatic heterocycles. The molecule has 1 atom stereocenters. The molecule has 0 unspecified atom stereocenters. The van der Waals surface area contributed by atoms with E-state index in [1.807, 2.05) is 12.1 Å². The Kier molecular flexibility index (Phi) is 5.99. The first kappa shape index (κ1) is 19.0. The highest BCUT2D eigenvalue weighted by atomic mass is 16.1. The maximum Gasteiger partial charge on any atom is 0.251 e. The van der Waals surface area contributed by atoms with Gasteiger partial charge in [-0.15, -0.1) is 0 Å². The number of nitrogens with zero attached hydrogens (tertiary/aromatic N) is 1. The fourth-order valence-electron chi connectivity index (χ4n) is 4.61. The topological polar surface area (TPSA) is 32.3 Å². The van der Waals surface area contributed by atoms with Crippen molar-refractivity contribution in [1.82, 2.24) is 5.32 Å². The lowest BCUT2D eigenvalue weighted by Crippen LogP contribution is -2.30. The summed E-state index contributed by atoms with van der Waals surface area (Å²) in [5.74, 6) is 0.0229. The quantitative estimate of drug-likeness (QED) is 0.754. The summed E-state index contributed by atoms with van der Waals surface area (Å²) < 4.78 is 0. The van der Waals surface area contributed by atoms with Crippen LogP contribution in [0.5, 0.6) is 0 Å². The molecule has 4 rings (SSSR count). The average Bonchev–Trinajstić information content (AvgIpc) is 2.77. The van der Waals surface area contributed by atoms with Gasteiger partial charge in [0.2, 0.25) is 0 Å². The van der Waals surface area contributed by atoms with Crippen LogP contribution in [0.3, 0.4) is 0 Å². The van der Waals surface area contributed by atoms with Crippen molar-refractivity contribution in [2.45, 2.75) is 64.3 Å². The highest BCUT2D eigenvalue weighted by molar-refractivity contribution is 5.94. The second-order valence-corrected chi connectivity index (χ2v) is 8.26. The molecule has 2 aromatic rings. The van der Waals surface area contributed by atoms with Crippen molar-refractivity contribution >= 4 is 11.6 Å². The fraction of sp³-hybridized carbons (Fsp3) is 0.480. The molecule has 3 heteroatoms. The summed E-state index contributed by atoms with van der Waals surface area (Å²) in [6.07, 6.45) is 9.71.